The van der Waals surface area contributed by atoms with Crippen molar-refractivity contribution in [1.29, 1.82) is 0 Å². The van der Waals surface area contributed by atoms with E-state index in [1.54, 1.807) is 14.2 Å². The monoisotopic (exact) mass is 401 g/mol. The van der Waals surface area contributed by atoms with Gasteiger partial charge in [0.25, 0.3) is 0 Å². The van der Waals surface area contributed by atoms with Gasteiger partial charge in [0, 0.05) is 39.8 Å². The molecule has 0 aliphatic carbocycles. The zero-order valence-corrected chi connectivity index (χ0v) is 16.8. The molecule has 1 aromatic rings. The lowest BCUT2D eigenvalue weighted by molar-refractivity contribution is -0.143. The van der Waals surface area contributed by atoms with Gasteiger partial charge in [-0.1, -0.05) is 12.1 Å². The number of guanidine groups is 1. The Morgan fingerprint density at radius 2 is 1.89 bits per heavy atom. The molecule has 0 atom stereocenters. The quantitative estimate of drug-likeness (QED) is 0.431. The smallest absolute Gasteiger partial charge is 0.401 e. The van der Waals surface area contributed by atoms with Gasteiger partial charge < -0.3 is 19.9 Å². The third-order valence-corrected chi connectivity index (χ3v) is 4.67. The summed E-state index contributed by atoms with van der Waals surface area (Å²) in [6.45, 7) is 3.39. The van der Waals surface area contributed by atoms with Crippen molar-refractivity contribution >= 4 is 11.6 Å². The van der Waals surface area contributed by atoms with Crippen molar-refractivity contribution in [2.45, 2.75) is 12.6 Å². The number of alkyl halides is 3. The van der Waals surface area contributed by atoms with E-state index in [0.29, 0.717) is 19.5 Å². The maximum atomic E-state index is 12.3. The van der Waals surface area contributed by atoms with Crippen LogP contribution in [-0.4, -0.2) is 89.0 Å². The summed E-state index contributed by atoms with van der Waals surface area (Å²) in [6.07, 6.45) is -3.54. The normalized spacial score (nSPS) is 15.9. The number of ether oxygens (including phenoxy) is 1. The highest BCUT2D eigenvalue weighted by atomic mass is 19.4. The van der Waals surface area contributed by atoms with Crippen molar-refractivity contribution in [3.05, 3.63) is 24.3 Å². The van der Waals surface area contributed by atoms with Crippen LogP contribution in [0.4, 0.5) is 18.9 Å². The number of para-hydroxylation sites is 2. The van der Waals surface area contributed by atoms with E-state index in [1.807, 2.05) is 18.2 Å². The number of nitrogens with one attached hydrogen (secondary N) is 1. The second-order valence-electron chi connectivity index (χ2n) is 6.83. The van der Waals surface area contributed by atoms with Gasteiger partial charge in [-0.3, -0.25) is 9.89 Å². The Bertz CT molecular complexity index is 630. The zero-order valence-electron chi connectivity index (χ0n) is 16.8. The minimum absolute atomic E-state index is 0.380. The SMILES string of the molecule is CN=C(NCCCN(C)CC(F)(F)F)N1CCN(c2ccccc2OC)CC1. The summed E-state index contributed by atoms with van der Waals surface area (Å²) in [5.41, 5.74) is 1.08. The number of nitrogens with zero attached hydrogens (tertiary/aromatic N) is 4. The van der Waals surface area contributed by atoms with Crippen molar-refractivity contribution in [2.24, 2.45) is 4.99 Å². The first-order valence-electron chi connectivity index (χ1n) is 9.43. The van der Waals surface area contributed by atoms with E-state index >= 15 is 0 Å². The van der Waals surface area contributed by atoms with Crippen molar-refractivity contribution in [2.75, 3.05) is 71.9 Å². The summed E-state index contributed by atoms with van der Waals surface area (Å²) in [5, 5.41) is 3.26. The second-order valence-corrected chi connectivity index (χ2v) is 6.83. The molecule has 0 radical (unpaired) electrons. The molecule has 1 heterocycles. The molecule has 28 heavy (non-hydrogen) atoms. The Hall–Kier alpha value is -2.16. The van der Waals surface area contributed by atoms with Crippen LogP contribution in [0.2, 0.25) is 0 Å². The van der Waals surface area contributed by atoms with Crippen LogP contribution in [0.15, 0.2) is 29.3 Å². The molecular weight excluding hydrogens is 371 g/mol. The maximum absolute atomic E-state index is 12.3. The van der Waals surface area contributed by atoms with Gasteiger partial charge in [-0.2, -0.15) is 13.2 Å². The number of halogens is 3. The predicted molar refractivity (Wildman–Crippen MR) is 106 cm³/mol. The van der Waals surface area contributed by atoms with Gasteiger partial charge in [0.15, 0.2) is 5.96 Å². The molecule has 158 valence electrons. The molecule has 1 saturated heterocycles. The van der Waals surface area contributed by atoms with Crippen LogP contribution in [-0.2, 0) is 0 Å². The number of hydrogen-bond acceptors (Lipinski definition) is 4. The lowest BCUT2D eigenvalue weighted by atomic mass is 10.2. The fraction of sp³-hybridized carbons (Fsp3) is 0.632. The van der Waals surface area contributed by atoms with Gasteiger partial charge in [0.2, 0.25) is 0 Å². The first-order chi connectivity index (χ1) is 13.3. The molecule has 1 aliphatic rings. The molecule has 9 heteroatoms. The van der Waals surface area contributed by atoms with E-state index in [4.69, 9.17) is 4.74 Å². The van der Waals surface area contributed by atoms with Gasteiger partial charge >= 0.3 is 6.18 Å². The molecule has 0 amide bonds. The largest absolute Gasteiger partial charge is 0.495 e. The Morgan fingerprint density at radius 3 is 2.50 bits per heavy atom. The fourth-order valence-electron chi connectivity index (χ4n) is 3.32. The molecule has 0 bridgehead atoms. The maximum Gasteiger partial charge on any atom is 0.401 e. The predicted octanol–water partition coefficient (Wildman–Crippen LogP) is 2.28. The molecule has 0 aromatic heterocycles. The van der Waals surface area contributed by atoms with Crippen LogP contribution in [0.1, 0.15) is 6.42 Å². The Kier molecular flexibility index (Phi) is 8.22. The topological polar surface area (TPSA) is 43.3 Å². The number of aliphatic imine (C=N–C) groups is 1. The van der Waals surface area contributed by atoms with Crippen LogP contribution in [0.5, 0.6) is 5.75 Å². The summed E-state index contributed by atoms with van der Waals surface area (Å²) < 4.78 is 42.5. The molecule has 1 aromatic carbocycles. The fourth-order valence-corrected chi connectivity index (χ4v) is 3.32. The first kappa shape index (κ1) is 22.1. The summed E-state index contributed by atoms with van der Waals surface area (Å²) in [6, 6.07) is 7.97. The summed E-state index contributed by atoms with van der Waals surface area (Å²) in [4.78, 5) is 10.1. The molecule has 6 nitrogen and oxygen atoms in total. The van der Waals surface area contributed by atoms with Crippen molar-refractivity contribution in [3.63, 3.8) is 0 Å². The van der Waals surface area contributed by atoms with E-state index in [2.05, 4.69) is 26.2 Å². The van der Waals surface area contributed by atoms with Gasteiger partial charge in [-0.25, -0.2) is 0 Å². The number of rotatable bonds is 7. The minimum Gasteiger partial charge on any atom is -0.495 e. The van der Waals surface area contributed by atoms with Crippen molar-refractivity contribution in [3.8, 4) is 5.75 Å². The van der Waals surface area contributed by atoms with Crippen LogP contribution in [0.25, 0.3) is 0 Å². The minimum atomic E-state index is -4.15. The highest BCUT2D eigenvalue weighted by Crippen LogP contribution is 2.28. The summed E-state index contributed by atoms with van der Waals surface area (Å²) >= 11 is 0. The van der Waals surface area contributed by atoms with E-state index in [1.165, 1.54) is 11.9 Å². The van der Waals surface area contributed by atoms with Crippen LogP contribution in [0.3, 0.4) is 0 Å². The first-order valence-corrected chi connectivity index (χ1v) is 9.43. The standard InChI is InChI=1S/C19H30F3N5O/c1-23-18(24-9-6-10-25(2)15-19(20,21)22)27-13-11-26(12-14-27)16-7-4-5-8-17(16)28-3/h4-5,7-8H,6,9-15H2,1-3H3,(H,23,24). The number of piperazine rings is 1. The van der Waals surface area contributed by atoms with Gasteiger partial charge in [-0.15, -0.1) is 0 Å². The van der Waals surface area contributed by atoms with Crippen LogP contribution in [0, 0.1) is 0 Å². The summed E-state index contributed by atoms with van der Waals surface area (Å²) in [7, 11) is 4.89. The number of hydrogen-bond donors (Lipinski definition) is 1. The second kappa shape index (κ2) is 10.4. The van der Waals surface area contributed by atoms with E-state index in [0.717, 1.165) is 43.6 Å². The van der Waals surface area contributed by atoms with E-state index < -0.39 is 12.7 Å². The van der Waals surface area contributed by atoms with E-state index in [-0.39, 0.29) is 0 Å². The average molecular weight is 401 g/mol. The van der Waals surface area contributed by atoms with Gasteiger partial charge in [-0.05, 0) is 32.1 Å². The van der Waals surface area contributed by atoms with Crippen molar-refractivity contribution < 1.29 is 17.9 Å². The summed E-state index contributed by atoms with van der Waals surface area (Å²) in [5.74, 6) is 1.65. The number of methoxy groups -OCH3 is 1. The third-order valence-electron chi connectivity index (χ3n) is 4.67. The molecule has 1 N–H and O–H groups in total. The highest BCUT2D eigenvalue weighted by Gasteiger charge is 2.28. The Labute approximate surface area is 165 Å². The lowest BCUT2D eigenvalue weighted by Gasteiger charge is -2.38. The van der Waals surface area contributed by atoms with Crippen molar-refractivity contribution in [1.82, 2.24) is 15.1 Å². The Morgan fingerprint density at radius 1 is 1.21 bits per heavy atom. The molecule has 0 unspecified atom stereocenters. The molecule has 0 spiro atoms. The molecular formula is C19H30F3N5O. The average Bonchev–Trinajstić information content (AvgIpc) is 2.67. The number of benzene rings is 1. The third kappa shape index (κ3) is 6.78. The molecule has 2 rings (SSSR count). The zero-order chi connectivity index (χ0) is 20.6. The molecule has 1 aliphatic heterocycles. The van der Waals surface area contributed by atoms with E-state index in [9.17, 15) is 13.2 Å². The Balaban J connectivity index is 1.76. The van der Waals surface area contributed by atoms with Crippen LogP contribution < -0.4 is 15.0 Å². The number of anilines is 1. The van der Waals surface area contributed by atoms with Gasteiger partial charge in [0.05, 0.1) is 19.3 Å². The van der Waals surface area contributed by atoms with Crippen LogP contribution >= 0.6 is 0 Å². The molecule has 1 fully saturated rings. The highest BCUT2D eigenvalue weighted by molar-refractivity contribution is 5.80. The lowest BCUT2D eigenvalue weighted by Crippen LogP contribution is -2.52. The van der Waals surface area contributed by atoms with Gasteiger partial charge in [0.1, 0.15) is 5.75 Å². The molecule has 0 saturated carbocycles.